The second-order valence-electron chi connectivity index (χ2n) is 7.44. The molecule has 2 aliphatic carbocycles. The molecule has 0 aromatic heterocycles. The molecular formula is C20H28NO3S. The predicted molar refractivity (Wildman–Crippen MR) is 101 cm³/mol. The van der Waals surface area contributed by atoms with E-state index >= 15 is 0 Å². The molecule has 1 aliphatic heterocycles. The van der Waals surface area contributed by atoms with Crippen molar-refractivity contribution in [3.8, 4) is 0 Å². The van der Waals surface area contributed by atoms with E-state index in [1.54, 1.807) is 4.90 Å². The zero-order valence-electron chi connectivity index (χ0n) is 15.0. The monoisotopic (exact) mass is 362 g/mol. The standard InChI is InChI=1S/C20H28NO3S/c1-25(23,24)15-20(22)21-12-10-17(11-13-21)19-9-5-8-18(14-19)16-6-3-2-4-7-16/h6,8-9,14,17H,2-5,7,10-13,15H2,1H3. The highest BCUT2D eigenvalue weighted by Crippen LogP contribution is 2.34. The topological polar surface area (TPSA) is 54.5 Å². The van der Waals surface area contributed by atoms with Gasteiger partial charge in [-0.15, -0.1) is 0 Å². The van der Waals surface area contributed by atoms with Crippen molar-refractivity contribution in [1.29, 1.82) is 0 Å². The van der Waals surface area contributed by atoms with E-state index < -0.39 is 9.84 Å². The SMILES string of the molecule is CS(=O)(=O)CC(=O)N1CCC(C2=CC[CH]C(C3=CCCCC3)=C2)CC1. The Bertz CT molecular complexity index is 707. The molecule has 25 heavy (non-hydrogen) atoms. The van der Waals surface area contributed by atoms with Crippen LogP contribution in [0.4, 0.5) is 0 Å². The second-order valence-corrected chi connectivity index (χ2v) is 9.58. The summed E-state index contributed by atoms with van der Waals surface area (Å²) in [5.74, 6) is -0.140. The third-order valence-electron chi connectivity index (χ3n) is 5.38. The Balaban J connectivity index is 1.59. The summed E-state index contributed by atoms with van der Waals surface area (Å²) in [5.41, 5.74) is 4.30. The summed E-state index contributed by atoms with van der Waals surface area (Å²) in [6, 6.07) is 0. The zero-order chi connectivity index (χ0) is 17.9. The van der Waals surface area contributed by atoms with Crippen molar-refractivity contribution < 1.29 is 13.2 Å². The minimum absolute atomic E-state index is 0.254. The van der Waals surface area contributed by atoms with E-state index in [2.05, 4.69) is 24.6 Å². The van der Waals surface area contributed by atoms with E-state index in [1.165, 1.54) is 42.4 Å². The van der Waals surface area contributed by atoms with Crippen LogP contribution in [0.15, 0.2) is 34.9 Å². The van der Waals surface area contributed by atoms with Crippen molar-refractivity contribution in [2.45, 2.75) is 44.9 Å². The van der Waals surface area contributed by atoms with Crippen molar-refractivity contribution >= 4 is 15.7 Å². The molecule has 0 aromatic carbocycles. The molecule has 1 radical (unpaired) electrons. The third kappa shape index (κ3) is 5.06. The van der Waals surface area contributed by atoms with Crippen molar-refractivity contribution in [1.82, 2.24) is 4.90 Å². The maximum absolute atomic E-state index is 12.1. The molecule has 5 heteroatoms. The first-order valence-electron chi connectivity index (χ1n) is 9.32. The number of piperidine rings is 1. The summed E-state index contributed by atoms with van der Waals surface area (Å²) < 4.78 is 22.6. The number of carbonyl (C=O) groups is 1. The van der Waals surface area contributed by atoms with Gasteiger partial charge < -0.3 is 4.90 Å². The highest BCUT2D eigenvalue weighted by Gasteiger charge is 2.27. The van der Waals surface area contributed by atoms with E-state index in [0.717, 1.165) is 25.5 Å². The summed E-state index contributed by atoms with van der Waals surface area (Å²) in [6.45, 7) is 1.32. The van der Waals surface area contributed by atoms with Crippen LogP contribution in [-0.4, -0.2) is 44.3 Å². The van der Waals surface area contributed by atoms with Gasteiger partial charge in [-0.3, -0.25) is 4.79 Å². The molecule has 1 amide bonds. The summed E-state index contributed by atoms with van der Waals surface area (Å²) in [5, 5.41) is 0. The number of hydrogen-bond acceptors (Lipinski definition) is 3. The van der Waals surface area contributed by atoms with Gasteiger partial charge in [-0.25, -0.2) is 8.42 Å². The minimum atomic E-state index is -3.25. The van der Waals surface area contributed by atoms with Crippen molar-refractivity contribution in [2.24, 2.45) is 5.92 Å². The van der Waals surface area contributed by atoms with Gasteiger partial charge in [0, 0.05) is 19.3 Å². The van der Waals surface area contributed by atoms with Gasteiger partial charge in [0.25, 0.3) is 0 Å². The number of likely N-dealkylation sites (tertiary alicyclic amines) is 1. The molecule has 0 saturated carbocycles. The average Bonchev–Trinajstić information content (AvgIpc) is 2.61. The summed E-state index contributed by atoms with van der Waals surface area (Å²) in [6.07, 6.45) is 18.3. The zero-order valence-corrected chi connectivity index (χ0v) is 15.9. The Kier molecular flexibility index (Phi) is 5.82. The Labute approximate surface area is 151 Å². The molecule has 0 bridgehead atoms. The second kappa shape index (κ2) is 7.90. The Morgan fingerprint density at radius 2 is 1.96 bits per heavy atom. The number of rotatable bonds is 4. The smallest absolute Gasteiger partial charge is 0.237 e. The normalized spacial score (nSPS) is 22.9. The van der Waals surface area contributed by atoms with Crippen LogP contribution in [0.2, 0.25) is 0 Å². The van der Waals surface area contributed by atoms with Gasteiger partial charge in [-0.05, 0) is 74.0 Å². The van der Waals surface area contributed by atoms with Gasteiger partial charge in [-0.2, -0.15) is 0 Å². The summed E-state index contributed by atoms with van der Waals surface area (Å²) >= 11 is 0. The van der Waals surface area contributed by atoms with E-state index in [-0.39, 0.29) is 11.7 Å². The molecule has 1 fully saturated rings. The molecule has 0 spiro atoms. The van der Waals surface area contributed by atoms with E-state index in [4.69, 9.17) is 0 Å². The van der Waals surface area contributed by atoms with Crippen LogP contribution in [0.5, 0.6) is 0 Å². The highest BCUT2D eigenvalue weighted by molar-refractivity contribution is 7.91. The minimum Gasteiger partial charge on any atom is -0.342 e. The number of hydrogen-bond donors (Lipinski definition) is 0. The molecular weight excluding hydrogens is 334 g/mol. The molecule has 3 aliphatic rings. The first-order chi connectivity index (χ1) is 11.9. The quantitative estimate of drug-likeness (QED) is 0.771. The lowest BCUT2D eigenvalue weighted by Gasteiger charge is -2.33. The number of allylic oxidation sites excluding steroid dienone is 6. The Morgan fingerprint density at radius 1 is 1.20 bits per heavy atom. The van der Waals surface area contributed by atoms with E-state index in [9.17, 15) is 13.2 Å². The van der Waals surface area contributed by atoms with Crippen LogP contribution < -0.4 is 0 Å². The lowest BCUT2D eigenvalue weighted by Crippen LogP contribution is -2.41. The number of sulfone groups is 1. The van der Waals surface area contributed by atoms with Crippen LogP contribution >= 0.6 is 0 Å². The van der Waals surface area contributed by atoms with Crippen molar-refractivity contribution in [3.63, 3.8) is 0 Å². The molecule has 1 saturated heterocycles. The molecule has 137 valence electrons. The van der Waals surface area contributed by atoms with Gasteiger partial charge in [0.1, 0.15) is 5.75 Å². The molecule has 0 atom stereocenters. The van der Waals surface area contributed by atoms with Gasteiger partial charge in [0.2, 0.25) is 5.91 Å². The lowest BCUT2D eigenvalue weighted by atomic mass is 9.81. The number of carbonyl (C=O) groups excluding carboxylic acids is 1. The van der Waals surface area contributed by atoms with Crippen LogP contribution in [0.1, 0.15) is 44.9 Å². The molecule has 0 N–H and O–H groups in total. The molecule has 1 heterocycles. The van der Waals surface area contributed by atoms with E-state index in [1.807, 2.05) is 0 Å². The molecule has 0 aromatic rings. The fourth-order valence-corrected chi connectivity index (χ4v) is 4.64. The van der Waals surface area contributed by atoms with Crippen LogP contribution in [0.25, 0.3) is 0 Å². The molecule has 0 unspecified atom stereocenters. The van der Waals surface area contributed by atoms with Crippen LogP contribution in [-0.2, 0) is 14.6 Å². The van der Waals surface area contributed by atoms with Crippen LogP contribution in [0.3, 0.4) is 0 Å². The maximum Gasteiger partial charge on any atom is 0.237 e. The Hall–Kier alpha value is -1.36. The fraction of sp³-hybridized carbons (Fsp3) is 0.600. The first-order valence-corrected chi connectivity index (χ1v) is 11.4. The van der Waals surface area contributed by atoms with Gasteiger partial charge in [0.05, 0.1) is 0 Å². The molecule has 4 nitrogen and oxygen atoms in total. The maximum atomic E-state index is 12.1. The highest BCUT2D eigenvalue weighted by atomic mass is 32.2. The first kappa shape index (κ1) is 18.4. The van der Waals surface area contributed by atoms with Gasteiger partial charge >= 0.3 is 0 Å². The Morgan fingerprint density at radius 3 is 2.60 bits per heavy atom. The summed E-state index contributed by atoms with van der Waals surface area (Å²) in [4.78, 5) is 13.8. The largest absolute Gasteiger partial charge is 0.342 e. The fourth-order valence-electron chi connectivity index (χ4n) is 4.01. The summed E-state index contributed by atoms with van der Waals surface area (Å²) in [7, 11) is -3.25. The molecule has 3 rings (SSSR count). The third-order valence-corrected chi connectivity index (χ3v) is 6.15. The number of nitrogens with zero attached hydrogens (tertiary/aromatic N) is 1. The van der Waals surface area contributed by atoms with E-state index in [0.29, 0.717) is 19.0 Å². The van der Waals surface area contributed by atoms with Gasteiger partial charge in [-0.1, -0.05) is 18.2 Å². The predicted octanol–water partition coefficient (Wildman–Crippen LogP) is 3.23. The average molecular weight is 363 g/mol. The lowest BCUT2D eigenvalue weighted by molar-refractivity contribution is -0.129. The van der Waals surface area contributed by atoms with Crippen molar-refractivity contribution in [2.75, 3.05) is 25.1 Å². The van der Waals surface area contributed by atoms with Gasteiger partial charge in [0.15, 0.2) is 9.84 Å². The van der Waals surface area contributed by atoms with Crippen molar-refractivity contribution in [3.05, 3.63) is 41.4 Å². The van der Waals surface area contributed by atoms with Crippen LogP contribution in [0, 0.1) is 12.3 Å². The number of amides is 1.